The molecule has 2 aliphatic rings. The van der Waals surface area contributed by atoms with Crippen molar-refractivity contribution >= 4 is 28.2 Å². The number of alkyl halides is 2. The number of benzene rings is 2. The summed E-state index contributed by atoms with van der Waals surface area (Å²) in [4.78, 5) is 24.0. The molecule has 2 atom stereocenters. The van der Waals surface area contributed by atoms with Crippen molar-refractivity contribution in [1.29, 1.82) is 0 Å². The van der Waals surface area contributed by atoms with Gasteiger partial charge in [0.2, 0.25) is 5.91 Å². The fourth-order valence-electron chi connectivity index (χ4n) is 6.06. The minimum Gasteiger partial charge on any atom is -0.492 e. The molecule has 1 unspecified atom stereocenters. The van der Waals surface area contributed by atoms with Crippen LogP contribution in [0.2, 0.25) is 0 Å². The van der Waals surface area contributed by atoms with Crippen molar-refractivity contribution in [2.45, 2.75) is 71.4 Å². The van der Waals surface area contributed by atoms with E-state index in [-0.39, 0.29) is 23.9 Å². The number of halogens is 3. The number of amides is 1. The van der Waals surface area contributed by atoms with E-state index in [0.717, 1.165) is 39.4 Å². The lowest BCUT2D eigenvalue weighted by Gasteiger charge is -2.30. The van der Waals surface area contributed by atoms with Crippen LogP contribution >= 0.6 is 0 Å². The Labute approximate surface area is 243 Å². The molecule has 10 heteroatoms. The smallest absolute Gasteiger partial charge is 0.266 e. The van der Waals surface area contributed by atoms with Crippen LogP contribution in [0.15, 0.2) is 30.3 Å². The number of nitrogens with one attached hydrogen (secondary N) is 1. The molecule has 0 radical (unpaired) electrons. The Morgan fingerprint density at radius 1 is 1.24 bits per heavy atom. The largest absolute Gasteiger partial charge is 0.492 e. The van der Waals surface area contributed by atoms with Gasteiger partial charge in [-0.25, -0.2) is 23.1 Å². The molecule has 2 N–H and O–H groups in total. The average Bonchev–Trinajstić information content (AvgIpc) is 3.42. The lowest BCUT2D eigenvalue weighted by molar-refractivity contribution is -0.137. The lowest BCUT2D eigenvalue weighted by atomic mass is 9.84. The van der Waals surface area contributed by atoms with Gasteiger partial charge in [-0.05, 0) is 58.6 Å². The van der Waals surface area contributed by atoms with Crippen LogP contribution in [0.4, 0.5) is 19.0 Å². The van der Waals surface area contributed by atoms with Crippen molar-refractivity contribution in [3.63, 3.8) is 0 Å². The van der Waals surface area contributed by atoms with Crippen molar-refractivity contribution in [1.82, 2.24) is 14.9 Å². The Morgan fingerprint density at radius 2 is 1.98 bits per heavy atom. The fourth-order valence-corrected chi connectivity index (χ4v) is 6.06. The van der Waals surface area contributed by atoms with E-state index in [0.29, 0.717) is 43.9 Å². The Hall–Kier alpha value is -3.66. The minimum absolute atomic E-state index is 0.0138. The highest BCUT2D eigenvalue weighted by Crippen LogP contribution is 2.44. The average molecular weight is 583 g/mol. The van der Waals surface area contributed by atoms with E-state index in [1.165, 1.54) is 12.1 Å². The molecule has 2 heterocycles. The summed E-state index contributed by atoms with van der Waals surface area (Å²) in [6, 6.07) is 5.36. The Kier molecular flexibility index (Phi) is 8.20. The highest BCUT2D eigenvalue weighted by molar-refractivity contribution is 5.97. The summed E-state index contributed by atoms with van der Waals surface area (Å²) in [5.41, 5.74) is 2.23. The molecule has 42 heavy (non-hydrogen) atoms. The van der Waals surface area contributed by atoms with Gasteiger partial charge in [0.25, 0.3) is 6.43 Å². The van der Waals surface area contributed by atoms with Gasteiger partial charge in [-0.1, -0.05) is 24.3 Å². The fraction of sp³-hybridized carbons (Fsp3) is 0.469. The number of aryl methyl sites for hydroxylation is 1. The number of likely N-dealkylation sites (N-methyl/N-ethyl adjacent to an activating group) is 1. The van der Waals surface area contributed by atoms with E-state index in [1.807, 2.05) is 6.07 Å². The molecule has 1 aliphatic heterocycles. The van der Waals surface area contributed by atoms with E-state index >= 15 is 0 Å². The first-order chi connectivity index (χ1) is 19.8. The molecule has 0 bridgehead atoms. The lowest BCUT2D eigenvalue weighted by Crippen LogP contribution is -2.42. The van der Waals surface area contributed by atoms with Gasteiger partial charge in [0.05, 0.1) is 29.3 Å². The molecular formula is C32H37F3N4O3. The molecule has 1 aromatic heterocycles. The van der Waals surface area contributed by atoms with Crippen LogP contribution in [0, 0.1) is 18.7 Å². The van der Waals surface area contributed by atoms with Gasteiger partial charge < -0.3 is 20.1 Å². The second-order valence-electron chi connectivity index (χ2n) is 12.0. The van der Waals surface area contributed by atoms with Crippen molar-refractivity contribution in [3.05, 3.63) is 64.2 Å². The number of allylic oxidation sites excluding steroid dienone is 2. The molecule has 5 rings (SSSR count). The molecule has 0 spiro atoms. The normalized spacial score (nSPS) is 17.6. The summed E-state index contributed by atoms with van der Waals surface area (Å²) < 4.78 is 47.8. The van der Waals surface area contributed by atoms with E-state index in [2.05, 4.69) is 16.4 Å². The zero-order valence-corrected chi connectivity index (χ0v) is 24.6. The Bertz CT molecular complexity index is 1550. The molecule has 0 saturated carbocycles. The maximum atomic E-state index is 15.0. The van der Waals surface area contributed by atoms with E-state index in [4.69, 9.17) is 9.72 Å². The van der Waals surface area contributed by atoms with Crippen LogP contribution < -0.4 is 10.1 Å². The van der Waals surface area contributed by atoms with Crippen LogP contribution in [-0.2, 0) is 11.2 Å². The van der Waals surface area contributed by atoms with Crippen LogP contribution in [0.3, 0.4) is 0 Å². The molecule has 1 aliphatic carbocycles. The number of rotatable bonds is 8. The van der Waals surface area contributed by atoms with E-state index in [1.54, 1.807) is 39.6 Å². The number of hydrogen-bond donors (Lipinski definition) is 2. The van der Waals surface area contributed by atoms with Crippen molar-refractivity contribution < 1.29 is 27.8 Å². The number of carbonyl (C=O) groups is 1. The van der Waals surface area contributed by atoms with Gasteiger partial charge in [-0.3, -0.25) is 4.79 Å². The van der Waals surface area contributed by atoms with Crippen LogP contribution in [-0.4, -0.2) is 51.7 Å². The third-order valence-electron chi connectivity index (χ3n) is 7.97. The zero-order valence-electron chi connectivity index (χ0n) is 24.6. The zero-order chi connectivity index (χ0) is 30.3. The first-order valence-corrected chi connectivity index (χ1v) is 14.3. The Morgan fingerprint density at radius 3 is 2.64 bits per heavy atom. The number of aliphatic hydroxyl groups is 1. The van der Waals surface area contributed by atoms with Gasteiger partial charge in [-0.15, -0.1) is 0 Å². The van der Waals surface area contributed by atoms with Gasteiger partial charge in [0, 0.05) is 48.0 Å². The standard InChI is InChI=1S/C32H37F3N4O3/c1-17(21-7-6-8-22(26(21)33)29(34)35)36-30-25-15-24(28-23(13-14-42-28)27(25)37-18(2)38-30)19-9-11-20(12-10-19)31(40)39(5)16-32(3,4)41/h6-9,15,17,20,29,41H,10-14,16H2,1-5H3,(H,36,37,38)/t17-,20?/m1/s1. The summed E-state index contributed by atoms with van der Waals surface area (Å²) in [7, 11) is 1.72. The molecule has 0 saturated heterocycles. The molecule has 2 aromatic carbocycles. The predicted molar refractivity (Wildman–Crippen MR) is 156 cm³/mol. The summed E-state index contributed by atoms with van der Waals surface area (Å²) in [5.74, 6) is 0.709. The molecule has 0 fully saturated rings. The molecular weight excluding hydrogens is 545 g/mol. The third kappa shape index (κ3) is 5.95. The summed E-state index contributed by atoms with van der Waals surface area (Å²) in [6.45, 7) is 7.63. The molecule has 224 valence electrons. The Balaban J connectivity index is 1.49. The van der Waals surface area contributed by atoms with Crippen LogP contribution in [0.1, 0.15) is 80.6 Å². The number of fused-ring (bicyclic) bond motifs is 3. The van der Waals surface area contributed by atoms with Crippen LogP contribution in [0.5, 0.6) is 5.75 Å². The summed E-state index contributed by atoms with van der Waals surface area (Å²) in [6.07, 6.45) is 1.76. The summed E-state index contributed by atoms with van der Waals surface area (Å²) in [5, 5.41) is 14.1. The summed E-state index contributed by atoms with van der Waals surface area (Å²) >= 11 is 0. The predicted octanol–water partition coefficient (Wildman–Crippen LogP) is 6.54. The highest BCUT2D eigenvalue weighted by Gasteiger charge is 2.30. The van der Waals surface area contributed by atoms with Crippen molar-refractivity contribution in [2.24, 2.45) is 5.92 Å². The molecule has 3 aromatic rings. The first kappa shape index (κ1) is 29.8. The van der Waals surface area contributed by atoms with Crippen molar-refractivity contribution in [2.75, 3.05) is 25.5 Å². The van der Waals surface area contributed by atoms with Gasteiger partial charge in [-0.2, -0.15) is 0 Å². The van der Waals surface area contributed by atoms with Crippen LogP contribution in [0.25, 0.3) is 16.5 Å². The minimum atomic E-state index is -2.91. The van der Waals surface area contributed by atoms with Gasteiger partial charge >= 0.3 is 0 Å². The highest BCUT2D eigenvalue weighted by atomic mass is 19.3. The molecule has 1 amide bonds. The number of ether oxygens (including phenoxy) is 1. The topological polar surface area (TPSA) is 87.6 Å². The number of carbonyl (C=O) groups excluding carboxylic acids is 1. The molecule has 7 nitrogen and oxygen atoms in total. The van der Waals surface area contributed by atoms with E-state index < -0.39 is 29.4 Å². The van der Waals surface area contributed by atoms with Gasteiger partial charge in [0.15, 0.2) is 0 Å². The second-order valence-corrected chi connectivity index (χ2v) is 12.0. The van der Waals surface area contributed by atoms with Crippen molar-refractivity contribution in [3.8, 4) is 5.75 Å². The van der Waals surface area contributed by atoms with E-state index in [9.17, 15) is 23.1 Å². The number of anilines is 1. The number of nitrogens with zero attached hydrogens (tertiary/aromatic N) is 3. The maximum Gasteiger partial charge on any atom is 0.266 e. The third-order valence-corrected chi connectivity index (χ3v) is 7.97. The number of hydrogen-bond acceptors (Lipinski definition) is 6. The quantitative estimate of drug-likeness (QED) is 0.314. The first-order valence-electron chi connectivity index (χ1n) is 14.3. The van der Waals surface area contributed by atoms with Gasteiger partial charge in [0.1, 0.15) is 23.2 Å². The maximum absolute atomic E-state index is 15.0. The SMILES string of the molecule is Cc1nc(N[C@H](C)c2cccc(C(F)F)c2F)c2cc(C3=CCC(C(=O)N(C)CC(C)(C)O)CC3)c3c(c2n1)CCO3. The monoisotopic (exact) mass is 582 g/mol. The second kappa shape index (κ2) is 11.6. The number of aromatic nitrogens is 2.